The molecular formula is C20H25N5. The van der Waals surface area contributed by atoms with Gasteiger partial charge in [0.2, 0.25) is 0 Å². The van der Waals surface area contributed by atoms with Crippen LogP contribution < -0.4 is 5.32 Å². The summed E-state index contributed by atoms with van der Waals surface area (Å²) >= 11 is 0. The summed E-state index contributed by atoms with van der Waals surface area (Å²) < 4.78 is 0. The number of pyridine rings is 2. The Morgan fingerprint density at radius 2 is 1.84 bits per heavy atom. The fraction of sp³-hybridized carbons (Fsp3) is 0.250. The van der Waals surface area contributed by atoms with E-state index in [0.717, 1.165) is 44.1 Å². The van der Waals surface area contributed by atoms with E-state index in [4.69, 9.17) is 0 Å². The first kappa shape index (κ1) is 18.7. The van der Waals surface area contributed by atoms with Crippen LogP contribution in [-0.2, 0) is 13.1 Å². The molecule has 130 valence electrons. The number of hydrogen-bond acceptors (Lipinski definition) is 5. The molecular weight excluding hydrogens is 310 g/mol. The first-order valence-electron chi connectivity index (χ1n) is 8.40. The normalized spacial score (nSPS) is 11.6. The van der Waals surface area contributed by atoms with Crippen molar-refractivity contribution in [3.63, 3.8) is 0 Å². The molecule has 0 aliphatic rings. The molecule has 0 fully saturated rings. The molecule has 2 rings (SSSR count). The van der Waals surface area contributed by atoms with E-state index >= 15 is 0 Å². The minimum absolute atomic E-state index is 0.767. The maximum absolute atomic E-state index is 4.41. The summed E-state index contributed by atoms with van der Waals surface area (Å²) in [6.07, 6.45) is 10.8. The van der Waals surface area contributed by atoms with E-state index < -0.39 is 0 Å². The minimum Gasteiger partial charge on any atom is -0.310 e. The molecule has 0 unspecified atom stereocenters. The monoisotopic (exact) mass is 335 g/mol. The summed E-state index contributed by atoms with van der Waals surface area (Å²) in [7, 11) is 0. The van der Waals surface area contributed by atoms with Crippen molar-refractivity contribution in [2.45, 2.75) is 13.1 Å². The van der Waals surface area contributed by atoms with Crippen molar-refractivity contribution < 1.29 is 0 Å². The highest BCUT2D eigenvalue weighted by atomic mass is 15.1. The van der Waals surface area contributed by atoms with Crippen LogP contribution in [0.15, 0.2) is 78.7 Å². The Hall–Kier alpha value is -2.63. The van der Waals surface area contributed by atoms with Crippen LogP contribution >= 0.6 is 0 Å². The van der Waals surface area contributed by atoms with Crippen LogP contribution in [0.5, 0.6) is 0 Å². The molecule has 0 amide bonds. The van der Waals surface area contributed by atoms with Gasteiger partial charge in [0.15, 0.2) is 0 Å². The van der Waals surface area contributed by atoms with E-state index in [1.54, 1.807) is 12.3 Å². The van der Waals surface area contributed by atoms with Gasteiger partial charge in [0.1, 0.15) is 0 Å². The Morgan fingerprint density at radius 1 is 1.08 bits per heavy atom. The molecule has 1 N–H and O–H groups in total. The van der Waals surface area contributed by atoms with Crippen molar-refractivity contribution >= 4 is 6.21 Å². The van der Waals surface area contributed by atoms with E-state index in [-0.39, 0.29) is 0 Å². The van der Waals surface area contributed by atoms with Crippen LogP contribution in [0.1, 0.15) is 11.4 Å². The number of nitrogens with one attached hydrogen (secondary N) is 1. The lowest BCUT2D eigenvalue weighted by atomic mass is 10.3. The molecule has 2 heterocycles. The summed E-state index contributed by atoms with van der Waals surface area (Å²) in [5.74, 6) is 0. The Labute approximate surface area is 149 Å². The highest BCUT2D eigenvalue weighted by Gasteiger charge is 2.05. The third-order valence-corrected chi connectivity index (χ3v) is 3.50. The Kier molecular flexibility index (Phi) is 8.86. The average Bonchev–Trinajstić information content (AvgIpc) is 2.66. The summed E-state index contributed by atoms with van der Waals surface area (Å²) in [5.41, 5.74) is 2.11. The van der Waals surface area contributed by atoms with Gasteiger partial charge < -0.3 is 5.32 Å². The number of nitrogens with zero attached hydrogens (tertiary/aromatic N) is 4. The fourth-order valence-electron chi connectivity index (χ4n) is 2.25. The summed E-state index contributed by atoms with van der Waals surface area (Å²) in [6.45, 7) is 7.74. The van der Waals surface area contributed by atoms with Crippen molar-refractivity contribution in [3.05, 3.63) is 85.1 Å². The molecule has 5 heteroatoms. The maximum atomic E-state index is 4.41. The molecule has 0 radical (unpaired) electrons. The van der Waals surface area contributed by atoms with Crippen LogP contribution in [0.2, 0.25) is 0 Å². The number of allylic oxidation sites excluding steroid dienone is 2. The van der Waals surface area contributed by atoms with E-state index in [9.17, 15) is 0 Å². The average molecular weight is 335 g/mol. The van der Waals surface area contributed by atoms with Gasteiger partial charge in [-0.05, 0) is 30.3 Å². The van der Waals surface area contributed by atoms with Gasteiger partial charge in [-0.25, -0.2) is 0 Å². The lowest BCUT2D eigenvalue weighted by Gasteiger charge is -2.20. The number of rotatable bonds is 11. The summed E-state index contributed by atoms with van der Waals surface area (Å²) in [6, 6.07) is 12.0. The topological polar surface area (TPSA) is 53.4 Å². The first-order valence-corrected chi connectivity index (χ1v) is 8.40. The molecule has 0 aliphatic heterocycles. The van der Waals surface area contributed by atoms with Gasteiger partial charge in [-0.3, -0.25) is 19.9 Å². The van der Waals surface area contributed by atoms with Gasteiger partial charge in [-0.15, -0.1) is 0 Å². The second kappa shape index (κ2) is 11.8. The molecule has 5 nitrogen and oxygen atoms in total. The molecule has 0 bridgehead atoms. The van der Waals surface area contributed by atoms with Gasteiger partial charge >= 0.3 is 0 Å². The van der Waals surface area contributed by atoms with Crippen LogP contribution in [-0.4, -0.2) is 40.7 Å². The first-order chi connectivity index (χ1) is 12.4. The molecule has 0 aliphatic carbocycles. The van der Waals surface area contributed by atoms with Crippen LogP contribution in [0.3, 0.4) is 0 Å². The highest BCUT2D eigenvalue weighted by molar-refractivity contribution is 5.60. The zero-order valence-corrected chi connectivity index (χ0v) is 14.5. The fourth-order valence-corrected chi connectivity index (χ4v) is 2.25. The highest BCUT2D eigenvalue weighted by Crippen LogP contribution is 2.00. The van der Waals surface area contributed by atoms with Crippen molar-refractivity contribution in [1.82, 2.24) is 20.2 Å². The lowest BCUT2D eigenvalue weighted by Crippen LogP contribution is -2.33. The lowest BCUT2D eigenvalue weighted by molar-refractivity contribution is 0.300. The van der Waals surface area contributed by atoms with Gasteiger partial charge in [0.25, 0.3) is 0 Å². The number of aromatic nitrogens is 2. The van der Waals surface area contributed by atoms with Crippen molar-refractivity contribution in [2.75, 3.05) is 19.6 Å². The zero-order chi connectivity index (χ0) is 17.6. The molecule has 0 aromatic carbocycles. The predicted molar refractivity (Wildman–Crippen MR) is 103 cm³/mol. The Bertz CT molecular complexity index is 652. The molecule has 25 heavy (non-hydrogen) atoms. The third-order valence-electron chi connectivity index (χ3n) is 3.50. The van der Waals surface area contributed by atoms with Gasteiger partial charge in [0.05, 0.1) is 11.4 Å². The second-order valence-electron chi connectivity index (χ2n) is 5.46. The van der Waals surface area contributed by atoms with Crippen molar-refractivity contribution in [1.29, 1.82) is 0 Å². The van der Waals surface area contributed by atoms with Crippen LogP contribution in [0.25, 0.3) is 0 Å². The Morgan fingerprint density at radius 3 is 2.52 bits per heavy atom. The molecule has 0 saturated carbocycles. The summed E-state index contributed by atoms with van der Waals surface area (Å²) in [4.78, 5) is 15.3. The van der Waals surface area contributed by atoms with E-state index in [2.05, 4.69) is 31.8 Å². The van der Waals surface area contributed by atoms with Crippen molar-refractivity contribution in [2.24, 2.45) is 4.99 Å². The number of hydrogen-bond donors (Lipinski definition) is 1. The molecule has 2 aromatic rings. The van der Waals surface area contributed by atoms with Crippen LogP contribution in [0.4, 0.5) is 0 Å². The molecule has 2 aromatic heterocycles. The molecule has 0 saturated heterocycles. The molecule has 0 atom stereocenters. The zero-order valence-electron chi connectivity index (χ0n) is 14.5. The predicted octanol–water partition coefficient (Wildman–Crippen LogP) is 2.84. The van der Waals surface area contributed by atoms with Crippen LogP contribution in [0, 0.1) is 0 Å². The van der Waals surface area contributed by atoms with E-state index in [1.165, 1.54) is 0 Å². The minimum atomic E-state index is 0.767. The Balaban J connectivity index is 1.81. The SMILES string of the molecule is C=C/C=C\N=CCN(CCNCc1ccccn1)Cc1ccccn1. The van der Waals surface area contributed by atoms with Gasteiger partial charge in [-0.1, -0.05) is 24.8 Å². The molecule has 0 spiro atoms. The van der Waals surface area contributed by atoms with Crippen molar-refractivity contribution in [3.8, 4) is 0 Å². The largest absolute Gasteiger partial charge is 0.310 e. The van der Waals surface area contributed by atoms with Gasteiger partial charge in [0, 0.05) is 57.5 Å². The third kappa shape index (κ3) is 8.15. The van der Waals surface area contributed by atoms with E-state index in [0.29, 0.717) is 0 Å². The van der Waals surface area contributed by atoms with Gasteiger partial charge in [-0.2, -0.15) is 0 Å². The van der Waals surface area contributed by atoms with E-state index in [1.807, 2.05) is 61.1 Å². The quantitative estimate of drug-likeness (QED) is 0.390. The summed E-state index contributed by atoms with van der Waals surface area (Å²) in [5, 5.41) is 3.43. The smallest absolute Gasteiger partial charge is 0.0544 e. The standard InChI is InChI=1S/C20H25N5/c1-2-3-10-21-13-15-25(18-20-9-5-7-12-24-20)16-14-22-17-19-8-4-6-11-23-19/h2-13,22H,1,14-18H2/b10-3-,21-13?. The number of aliphatic imine (C=N–C) groups is 1. The maximum Gasteiger partial charge on any atom is 0.0544 e. The second-order valence-corrected chi connectivity index (χ2v) is 5.46.